The SMILES string of the molecule is COCO/C(C)=C(/S)NC(C)=O. The molecule has 0 aromatic carbocycles. The summed E-state index contributed by atoms with van der Waals surface area (Å²) in [5, 5.41) is 2.88. The molecule has 5 heteroatoms. The molecule has 0 saturated heterocycles. The molecule has 0 radical (unpaired) electrons. The van der Waals surface area contributed by atoms with Crippen LogP contribution in [0.2, 0.25) is 0 Å². The molecule has 0 aliphatic rings. The highest BCUT2D eigenvalue weighted by Gasteiger charge is 1.99. The molecule has 0 atom stereocenters. The molecular formula is C7H13NO3S. The van der Waals surface area contributed by atoms with Crippen molar-refractivity contribution in [1.29, 1.82) is 0 Å². The quantitative estimate of drug-likeness (QED) is 0.393. The monoisotopic (exact) mass is 191 g/mol. The zero-order valence-electron chi connectivity index (χ0n) is 7.38. The summed E-state index contributed by atoms with van der Waals surface area (Å²) < 4.78 is 9.68. The van der Waals surface area contributed by atoms with Gasteiger partial charge in [0.1, 0.15) is 10.8 Å². The average Bonchev–Trinajstić information content (AvgIpc) is 1.98. The van der Waals surface area contributed by atoms with Crippen LogP contribution in [0, 0.1) is 0 Å². The lowest BCUT2D eigenvalue weighted by molar-refractivity contribution is -0.118. The number of methoxy groups -OCH3 is 1. The number of rotatable bonds is 4. The number of amides is 1. The minimum absolute atomic E-state index is 0.148. The molecule has 0 aromatic heterocycles. The highest BCUT2D eigenvalue weighted by atomic mass is 32.1. The summed E-state index contributed by atoms with van der Waals surface area (Å²) in [4.78, 5) is 10.6. The molecule has 0 aliphatic heterocycles. The summed E-state index contributed by atoms with van der Waals surface area (Å²) in [6.07, 6.45) is 0. The van der Waals surface area contributed by atoms with Crippen LogP contribution in [0.3, 0.4) is 0 Å². The molecule has 1 amide bonds. The van der Waals surface area contributed by atoms with E-state index in [-0.39, 0.29) is 12.7 Å². The molecular weight excluding hydrogens is 178 g/mol. The van der Waals surface area contributed by atoms with Crippen LogP contribution in [0.15, 0.2) is 10.8 Å². The number of allylic oxidation sites excluding steroid dienone is 1. The minimum Gasteiger partial charge on any atom is -0.469 e. The molecule has 0 aromatic rings. The average molecular weight is 191 g/mol. The predicted octanol–water partition coefficient (Wildman–Crippen LogP) is 0.862. The van der Waals surface area contributed by atoms with E-state index in [2.05, 4.69) is 22.7 Å². The molecule has 0 heterocycles. The van der Waals surface area contributed by atoms with Gasteiger partial charge in [-0.05, 0) is 6.92 Å². The van der Waals surface area contributed by atoms with Crippen molar-refractivity contribution in [1.82, 2.24) is 5.32 Å². The van der Waals surface area contributed by atoms with Crippen LogP contribution in [-0.2, 0) is 14.3 Å². The lowest BCUT2D eigenvalue weighted by atomic mass is 10.6. The Hall–Kier alpha value is -0.680. The second-order valence-electron chi connectivity index (χ2n) is 2.14. The van der Waals surface area contributed by atoms with Crippen molar-refractivity contribution in [3.05, 3.63) is 10.8 Å². The van der Waals surface area contributed by atoms with Gasteiger partial charge in [0.25, 0.3) is 0 Å². The van der Waals surface area contributed by atoms with Crippen LogP contribution in [0.25, 0.3) is 0 Å². The summed E-state index contributed by atoms with van der Waals surface area (Å²) in [6, 6.07) is 0. The molecule has 0 aliphatic carbocycles. The van der Waals surface area contributed by atoms with Crippen molar-refractivity contribution in [3.63, 3.8) is 0 Å². The second kappa shape index (κ2) is 5.91. The van der Waals surface area contributed by atoms with Crippen molar-refractivity contribution >= 4 is 18.5 Å². The van der Waals surface area contributed by atoms with Gasteiger partial charge >= 0.3 is 0 Å². The van der Waals surface area contributed by atoms with Gasteiger partial charge in [-0.15, -0.1) is 12.6 Å². The molecule has 70 valence electrons. The van der Waals surface area contributed by atoms with Gasteiger partial charge in [-0.1, -0.05) is 0 Å². The summed E-state index contributed by atoms with van der Waals surface area (Å²) in [5.74, 6) is 0.343. The van der Waals surface area contributed by atoms with E-state index < -0.39 is 0 Å². The number of carbonyl (C=O) groups is 1. The van der Waals surface area contributed by atoms with Gasteiger partial charge in [0.05, 0.1) is 0 Å². The first-order valence-corrected chi connectivity index (χ1v) is 3.81. The third-order valence-corrected chi connectivity index (χ3v) is 1.45. The Kier molecular flexibility index (Phi) is 5.57. The van der Waals surface area contributed by atoms with Gasteiger partial charge in [0.2, 0.25) is 5.91 Å². The van der Waals surface area contributed by atoms with Crippen LogP contribution in [0.5, 0.6) is 0 Å². The standard InChI is InChI=1S/C7H13NO3S/c1-5(11-4-10-3)7(12)8-6(2)9/h12H,4H2,1-3H3,(H,8,9)/b7-5+. The van der Waals surface area contributed by atoms with E-state index in [1.165, 1.54) is 14.0 Å². The second-order valence-corrected chi connectivity index (χ2v) is 2.58. The largest absolute Gasteiger partial charge is 0.469 e. The van der Waals surface area contributed by atoms with E-state index in [9.17, 15) is 4.79 Å². The molecule has 0 fully saturated rings. The summed E-state index contributed by atoms with van der Waals surface area (Å²) >= 11 is 4.00. The van der Waals surface area contributed by atoms with Crippen LogP contribution < -0.4 is 5.32 Å². The van der Waals surface area contributed by atoms with Crippen molar-refractivity contribution in [2.75, 3.05) is 13.9 Å². The maximum Gasteiger partial charge on any atom is 0.221 e. The zero-order valence-corrected chi connectivity index (χ0v) is 8.27. The number of nitrogens with one attached hydrogen (secondary N) is 1. The smallest absolute Gasteiger partial charge is 0.221 e. The topological polar surface area (TPSA) is 47.6 Å². The van der Waals surface area contributed by atoms with E-state index in [4.69, 9.17) is 4.74 Å². The molecule has 4 nitrogen and oxygen atoms in total. The summed E-state index contributed by atoms with van der Waals surface area (Å²) in [5.41, 5.74) is 0. The molecule has 0 bridgehead atoms. The van der Waals surface area contributed by atoms with Crippen molar-refractivity contribution in [2.45, 2.75) is 13.8 Å². The number of thiol groups is 1. The van der Waals surface area contributed by atoms with Gasteiger partial charge in [-0.2, -0.15) is 0 Å². The van der Waals surface area contributed by atoms with Crippen molar-refractivity contribution in [2.24, 2.45) is 0 Å². The first kappa shape index (κ1) is 11.3. The Bertz CT molecular complexity index is 191. The van der Waals surface area contributed by atoms with Crippen molar-refractivity contribution < 1.29 is 14.3 Å². The Labute approximate surface area is 77.3 Å². The number of carbonyl (C=O) groups excluding carboxylic acids is 1. The van der Waals surface area contributed by atoms with Gasteiger partial charge in [0.15, 0.2) is 6.79 Å². The molecule has 0 spiro atoms. The van der Waals surface area contributed by atoms with E-state index in [1.54, 1.807) is 6.92 Å². The predicted molar refractivity (Wildman–Crippen MR) is 48.5 cm³/mol. The van der Waals surface area contributed by atoms with Crippen LogP contribution >= 0.6 is 12.6 Å². The maximum atomic E-state index is 10.6. The number of hydrogen-bond acceptors (Lipinski definition) is 4. The molecule has 0 rings (SSSR count). The zero-order chi connectivity index (χ0) is 9.56. The van der Waals surface area contributed by atoms with Crippen LogP contribution in [-0.4, -0.2) is 19.8 Å². The highest BCUT2D eigenvalue weighted by Crippen LogP contribution is 2.05. The Balaban J connectivity index is 3.97. The van der Waals surface area contributed by atoms with Gasteiger partial charge in [0, 0.05) is 14.0 Å². The first-order chi connectivity index (χ1) is 5.57. The van der Waals surface area contributed by atoms with Crippen molar-refractivity contribution in [3.8, 4) is 0 Å². The van der Waals surface area contributed by atoms with Gasteiger partial charge in [-0.25, -0.2) is 0 Å². The van der Waals surface area contributed by atoms with E-state index in [0.717, 1.165) is 0 Å². The van der Waals surface area contributed by atoms with E-state index in [0.29, 0.717) is 10.8 Å². The minimum atomic E-state index is -0.180. The maximum absolute atomic E-state index is 10.6. The van der Waals surface area contributed by atoms with E-state index in [1.807, 2.05) is 0 Å². The van der Waals surface area contributed by atoms with E-state index >= 15 is 0 Å². The van der Waals surface area contributed by atoms with Crippen LogP contribution in [0.4, 0.5) is 0 Å². The normalized spacial score (nSPS) is 12.0. The van der Waals surface area contributed by atoms with Gasteiger partial charge < -0.3 is 14.8 Å². The fourth-order valence-corrected chi connectivity index (χ4v) is 0.692. The number of ether oxygens (including phenoxy) is 2. The van der Waals surface area contributed by atoms with Crippen LogP contribution in [0.1, 0.15) is 13.8 Å². The molecule has 12 heavy (non-hydrogen) atoms. The first-order valence-electron chi connectivity index (χ1n) is 3.37. The molecule has 0 saturated carbocycles. The Morgan fingerprint density at radius 3 is 2.50 bits per heavy atom. The summed E-state index contributed by atoms with van der Waals surface area (Å²) in [7, 11) is 1.52. The lowest BCUT2D eigenvalue weighted by Crippen LogP contribution is -2.17. The molecule has 1 N–H and O–H groups in total. The van der Waals surface area contributed by atoms with Gasteiger partial charge in [-0.3, -0.25) is 4.79 Å². The third-order valence-electron chi connectivity index (χ3n) is 1.02. The highest BCUT2D eigenvalue weighted by molar-refractivity contribution is 7.84. The number of hydrogen-bond donors (Lipinski definition) is 2. The summed E-state index contributed by atoms with van der Waals surface area (Å²) in [6.45, 7) is 3.24. The third kappa shape index (κ3) is 5.03. The lowest BCUT2D eigenvalue weighted by Gasteiger charge is -2.08. The Morgan fingerprint density at radius 1 is 1.50 bits per heavy atom. The molecule has 0 unspecified atom stereocenters. The fourth-order valence-electron chi connectivity index (χ4n) is 0.470. The Morgan fingerprint density at radius 2 is 2.08 bits per heavy atom. The fraction of sp³-hybridized carbons (Fsp3) is 0.571.